The highest BCUT2D eigenvalue weighted by atomic mass is 16.3. The van der Waals surface area contributed by atoms with Gasteiger partial charge in [-0.1, -0.05) is 46.6 Å². The Balaban J connectivity index is 4.82. The van der Waals surface area contributed by atoms with Crippen molar-refractivity contribution in [1.29, 1.82) is 0 Å². The van der Waals surface area contributed by atoms with Crippen LogP contribution in [0.5, 0.6) is 0 Å². The number of nitrogens with zero attached hydrogens (tertiary/aromatic N) is 1. The van der Waals surface area contributed by atoms with Gasteiger partial charge >= 0.3 is 0 Å². The monoisotopic (exact) mass is 361 g/mol. The van der Waals surface area contributed by atoms with E-state index in [1.165, 1.54) is 22.3 Å². The Kier molecular flexibility index (Phi) is 12.5. The molecule has 0 aromatic rings. The number of hydrogen-bond acceptors (Lipinski definition) is 2. The molecule has 2 nitrogen and oxygen atoms in total. The molecule has 0 aliphatic rings. The van der Waals surface area contributed by atoms with Crippen LogP contribution in [-0.4, -0.2) is 35.2 Å². The number of hydrogen-bond donors (Lipinski definition) is 1. The first-order chi connectivity index (χ1) is 12.1. The largest absolute Gasteiger partial charge is 0.394 e. The molecule has 0 spiro atoms. The maximum Gasteiger partial charge on any atom is 0.0610 e. The maximum absolute atomic E-state index is 9.80. The molecular formula is C24H43NO. The fourth-order valence-corrected chi connectivity index (χ4v) is 2.58. The Morgan fingerprint density at radius 2 is 1.12 bits per heavy atom. The van der Waals surface area contributed by atoms with Gasteiger partial charge in [-0.05, 0) is 81.1 Å². The van der Waals surface area contributed by atoms with E-state index in [0.29, 0.717) is 0 Å². The number of allylic oxidation sites excluding steroid dienone is 6. The van der Waals surface area contributed by atoms with Crippen molar-refractivity contribution in [2.75, 3.05) is 19.7 Å². The summed E-state index contributed by atoms with van der Waals surface area (Å²) in [4.78, 5) is 2.36. The van der Waals surface area contributed by atoms with E-state index in [2.05, 4.69) is 84.6 Å². The number of aliphatic hydroxyl groups is 1. The minimum absolute atomic E-state index is 0.169. The van der Waals surface area contributed by atoms with Gasteiger partial charge < -0.3 is 5.11 Å². The molecule has 0 amide bonds. The van der Waals surface area contributed by atoms with Gasteiger partial charge in [-0.2, -0.15) is 0 Å². The maximum atomic E-state index is 9.80. The molecule has 0 radical (unpaired) electrons. The lowest BCUT2D eigenvalue weighted by Gasteiger charge is -2.36. The molecular weight excluding hydrogens is 318 g/mol. The first kappa shape index (κ1) is 24.9. The van der Waals surface area contributed by atoms with Crippen LogP contribution >= 0.6 is 0 Å². The van der Waals surface area contributed by atoms with Crippen molar-refractivity contribution in [3.8, 4) is 0 Å². The fourth-order valence-electron chi connectivity index (χ4n) is 2.58. The summed E-state index contributed by atoms with van der Waals surface area (Å²) >= 11 is 0. The standard InChI is InChI=1S/C24H43NO/c1-20(2)11-9-13-22(5)15-17-25(24(7,8)19-26)18-16-23(6)14-10-12-21(3)4/h11-12,15-16,26H,9-10,13-14,17-19H2,1-8H3. The summed E-state index contributed by atoms with van der Waals surface area (Å²) in [6, 6.07) is 0. The molecule has 1 N–H and O–H groups in total. The van der Waals surface area contributed by atoms with Crippen LogP contribution in [0, 0.1) is 0 Å². The second kappa shape index (κ2) is 13.1. The first-order valence-electron chi connectivity index (χ1n) is 10.0. The molecule has 2 heteroatoms. The Morgan fingerprint density at radius 3 is 1.42 bits per heavy atom. The zero-order valence-electron chi connectivity index (χ0n) is 18.7. The highest BCUT2D eigenvalue weighted by Crippen LogP contribution is 2.16. The topological polar surface area (TPSA) is 23.5 Å². The minimum Gasteiger partial charge on any atom is -0.394 e. The van der Waals surface area contributed by atoms with Gasteiger partial charge in [0.1, 0.15) is 0 Å². The molecule has 0 unspecified atom stereocenters. The Morgan fingerprint density at radius 1 is 0.731 bits per heavy atom. The van der Waals surface area contributed by atoms with Gasteiger partial charge in [-0.25, -0.2) is 0 Å². The van der Waals surface area contributed by atoms with Crippen LogP contribution in [0.15, 0.2) is 46.6 Å². The molecule has 0 aromatic heterocycles. The zero-order chi connectivity index (χ0) is 20.2. The highest BCUT2D eigenvalue weighted by Gasteiger charge is 2.24. The summed E-state index contributed by atoms with van der Waals surface area (Å²) in [7, 11) is 0. The molecule has 0 aromatic carbocycles. The SMILES string of the molecule is CC(C)=CCCC(C)=CCN(CC=C(C)CCC=C(C)C)C(C)(C)CO. The lowest BCUT2D eigenvalue weighted by Crippen LogP contribution is -2.47. The smallest absolute Gasteiger partial charge is 0.0610 e. The van der Waals surface area contributed by atoms with Gasteiger partial charge in [0.05, 0.1) is 6.61 Å². The van der Waals surface area contributed by atoms with Gasteiger partial charge in [-0.15, -0.1) is 0 Å². The van der Waals surface area contributed by atoms with E-state index in [0.717, 1.165) is 38.8 Å². The zero-order valence-corrected chi connectivity index (χ0v) is 18.7. The highest BCUT2D eigenvalue weighted by molar-refractivity contribution is 5.07. The quantitative estimate of drug-likeness (QED) is 0.404. The Labute approximate surface area is 163 Å². The minimum atomic E-state index is -0.215. The first-order valence-corrected chi connectivity index (χ1v) is 10.0. The van der Waals surface area contributed by atoms with E-state index >= 15 is 0 Å². The molecule has 0 fully saturated rings. The molecule has 0 saturated heterocycles. The summed E-state index contributed by atoms with van der Waals surface area (Å²) < 4.78 is 0. The summed E-state index contributed by atoms with van der Waals surface area (Å²) in [5.74, 6) is 0. The summed E-state index contributed by atoms with van der Waals surface area (Å²) in [5.41, 5.74) is 5.40. The van der Waals surface area contributed by atoms with Gasteiger partial charge in [0.2, 0.25) is 0 Å². The van der Waals surface area contributed by atoms with Crippen molar-refractivity contribution >= 4 is 0 Å². The van der Waals surface area contributed by atoms with Crippen LogP contribution in [0.1, 0.15) is 81.1 Å². The molecule has 0 aliphatic heterocycles. The van der Waals surface area contributed by atoms with Crippen molar-refractivity contribution in [2.24, 2.45) is 0 Å². The van der Waals surface area contributed by atoms with Gasteiger partial charge in [-0.3, -0.25) is 4.90 Å². The second-order valence-electron chi connectivity index (χ2n) is 8.62. The van der Waals surface area contributed by atoms with Crippen molar-refractivity contribution in [2.45, 2.75) is 86.6 Å². The Hall–Kier alpha value is -1.12. The number of aliphatic hydroxyl groups excluding tert-OH is 1. The summed E-state index contributed by atoms with van der Waals surface area (Å²) in [5, 5.41) is 9.80. The van der Waals surface area contributed by atoms with Crippen molar-refractivity contribution in [1.82, 2.24) is 4.90 Å². The lowest BCUT2D eigenvalue weighted by molar-refractivity contribution is 0.0761. The van der Waals surface area contributed by atoms with E-state index in [4.69, 9.17) is 0 Å². The third-order valence-electron chi connectivity index (χ3n) is 4.75. The number of rotatable bonds is 12. The van der Waals surface area contributed by atoms with Crippen LogP contribution < -0.4 is 0 Å². The average Bonchev–Trinajstić information content (AvgIpc) is 2.53. The van der Waals surface area contributed by atoms with Crippen LogP contribution in [0.4, 0.5) is 0 Å². The van der Waals surface area contributed by atoms with Crippen molar-refractivity contribution in [3.63, 3.8) is 0 Å². The average molecular weight is 362 g/mol. The summed E-state index contributed by atoms with van der Waals surface area (Å²) in [6.45, 7) is 19.2. The predicted octanol–water partition coefficient (Wildman–Crippen LogP) is 6.44. The van der Waals surface area contributed by atoms with E-state index in [1.54, 1.807) is 0 Å². The molecule has 0 rings (SSSR count). The van der Waals surface area contributed by atoms with Gasteiger partial charge in [0.15, 0.2) is 0 Å². The van der Waals surface area contributed by atoms with E-state index in [1.807, 2.05) is 0 Å². The normalized spacial score (nSPS) is 13.2. The lowest BCUT2D eigenvalue weighted by atomic mass is 10.0. The third kappa shape index (κ3) is 12.3. The predicted molar refractivity (Wildman–Crippen MR) is 118 cm³/mol. The molecule has 0 atom stereocenters. The van der Waals surface area contributed by atoms with Crippen LogP contribution in [0.3, 0.4) is 0 Å². The van der Waals surface area contributed by atoms with Crippen molar-refractivity contribution in [3.05, 3.63) is 46.6 Å². The van der Waals surface area contributed by atoms with E-state index in [-0.39, 0.29) is 12.1 Å². The van der Waals surface area contributed by atoms with Crippen molar-refractivity contribution < 1.29 is 5.11 Å². The molecule has 150 valence electrons. The van der Waals surface area contributed by atoms with Gasteiger partial charge in [0, 0.05) is 18.6 Å². The molecule has 0 aliphatic carbocycles. The van der Waals surface area contributed by atoms with Crippen LogP contribution in [0.2, 0.25) is 0 Å². The van der Waals surface area contributed by atoms with Gasteiger partial charge in [0.25, 0.3) is 0 Å². The molecule has 0 saturated carbocycles. The van der Waals surface area contributed by atoms with Crippen LogP contribution in [-0.2, 0) is 0 Å². The van der Waals surface area contributed by atoms with E-state index in [9.17, 15) is 5.11 Å². The second-order valence-corrected chi connectivity index (χ2v) is 8.62. The third-order valence-corrected chi connectivity index (χ3v) is 4.75. The van der Waals surface area contributed by atoms with Crippen LogP contribution in [0.25, 0.3) is 0 Å². The molecule has 0 bridgehead atoms. The molecule has 0 heterocycles. The Bertz CT molecular complexity index is 472. The van der Waals surface area contributed by atoms with E-state index < -0.39 is 0 Å². The molecule has 26 heavy (non-hydrogen) atoms. The summed E-state index contributed by atoms with van der Waals surface area (Å²) in [6.07, 6.45) is 13.7. The fraction of sp³-hybridized carbons (Fsp3) is 0.667.